The average molecular weight is 168 g/mol. The molecule has 0 radical (unpaired) electrons. The third-order valence-corrected chi connectivity index (χ3v) is 1.60. The van der Waals surface area contributed by atoms with Crippen molar-refractivity contribution in [2.75, 3.05) is 13.1 Å². The van der Waals surface area contributed by atoms with Crippen LogP contribution in [0.1, 0.15) is 46.0 Å². The van der Waals surface area contributed by atoms with Gasteiger partial charge < -0.3 is 0 Å². The van der Waals surface area contributed by atoms with Crippen molar-refractivity contribution in [2.45, 2.75) is 46.0 Å². The van der Waals surface area contributed by atoms with Crippen LogP contribution in [-0.2, 0) is 0 Å². The Kier molecular flexibility index (Phi) is 9.84. The molecular weight excluding hydrogens is 148 g/mol. The smallest absolute Gasteiger partial charge is 0.0892 e. The summed E-state index contributed by atoms with van der Waals surface area (Å²) in [6.07, 6.45) is 6.16. The zero-order valence-electron chi connectivity index (χ0n) is 8.34. The maximum Gasteiger partial charge on any atom is 0.0892 e. The molecule has 0 aliphatic heterocycles. The minimum Gasteiger partial charge on any atom is -0.226 e. The second kappa shape index (κ2) is 10.4. The first-order valence-corrected chi connectivity index (χ1v) is 4.99. The van der Waals surface area contributed by atoms with E-state index in [9.17, 15) is 0 Å². The SMILES string of the molecule is CCCCCCN=C=NCCC. The van der Waals surface area contributed by atoms with Crippen molar-refractivity contribution >= 4 is 6.01 Å². The van der Waals surface area contributed by atoms with Crippen LogP contribution < -0.4 is 0 Å². The van der Waals surface area contributed by atoms with Gasteiger partial charge in [0.05, 0.1) is 6.01 Å². The predicted molar refractivity (Wildman–Crippen MR) is 54.0 cm³/mol. The summed E-state index contributed by atoms with van der Waals surface area (Å²) in [5.74, 6) is 0. The first-order valence-electron chi connectivity index (χ1n) is 4.99. The van der Waals surface area contributed by atoms with Gasteiger partial charge in [-0.05, 0) is 12.8 Å². The minimum absolute atomic E-state index is 0.860. The Hall–Kier alpha value is -0.620. The number of nitrogens with zero attached hydrogens (tertiary/aromatic N) is 2. The van der Waals surface area contributed by atoms with Crippen LogP contribution >= 0.6 is 0 Å². The summed E-state index contributed by atoms with van der Waals surface area (Å²) in [6.45, 7) is 6.07. The second-order valence-electron chi connectivity index (χ2n) is 2.92. The Morgan fingerprint density at radius 1 is 0.833 bits per heavy atom. The summed E-state index contributed by atoms with van der Waals surface area (Å²) in [5, 5.41) is 0. The summed E-state index contributed by atoms with van der Waals surface area (Å²) in [4.78, 5) is 8.05. The van der Waals surface area contributed by atoms with Crippen molar-refractivity contribution in [1.29, 1.82) is 0 Å². The highest BCUT2D eigenvalue weighted by molar-refractivity contribution is 5.40. The van der Waals surface area contributed by atoms with Gasteiger partial charge in [0.1, 0.15) is 0 Å². The van der Waals surface area contributed by atoms with Crippen LogP contribution in [0.3, 0.4) is 0 Å². The van der Waals surface area contributed by atoms with Crippen LogP contribution in [-0.4, -0.2) is 19.1 Å². The molecule has 0 atom stereocenters. The van der Waals surface area contributed by atoms with E-state index in [1.54, 1.807) is 0 Å². The molecule has 0 aromatic rings. The lowest BCUT2D eigenvalue weighted by Crippen LogP contribution is -1.81. The molecule has 0 aromatic heterocycles. The molecular formula is C10H20N2. The molecule has 0 rings (SSSR count). The minimum atomic E-state index is 0.860. The molecule has 0 unspecified atom stereocenters. The van der Waals surface area contributed by atoms with Gasteiger partial charge in [0.2, 0.25) is 0 Å². The lowest BCUT2D eigenvalue weighted by atomic mass is 10.2. The van der Waals surface area contributed by atoms with Crippen LogP contribution in [0.25, 0.3) is 0 Å². The van der Waals surface area contributed by atoms with E-state index in [1.807, 2.05) is 0 Å². The topological polar surface area (TPSA) is 24.7 Å². The monoisotopic (exact) mass is 168 g/mol. The second-order valence-corrected chi connectivity index (χ2v) is 2.92. The highest BCUT2D eigenvalue weighted by Crippen LogP contribution is 1.97. The van der Waals surface area contributed by atoms with Crippen LogP contribution in [0.2, 0.25) is 0 Å². The number of rotatable bonds is 7. The van der Waals surface area contributed by atoms with Gasteiger partial charge in [-0.3, -0.25) is 0 Å². The van der Waals surface area contributed by atoms with Crippen molar-refractivity contribution in [3.63, 3.8) is 0 Å². The van der Waals surface area contributed by atoms with Gasteiger partial charge in [0.25, 0.3) is 0 Å². The van der Waals surface area contributed by atoms with Crippen LogP contribution in [0.4, 0.5) is 0 Å². The first kappa shape index (κ1) is 11.4. The predicted octanol–water partition coefficient (Wildman–Crippen LogP) is 3.15. The van der Waals surface area contributed by atoms with E-state index in [-0.39, 0.29) is 0 Å². The zero-order chi connectivity index (χ0) is 9.07. The summed E-state index contributed by atoms with van der Waals surface area (Å²) < 4.78 is 0. The highest BCUT2D eigenvalue weighted by Gasteiger charge is 1.83. The molecule has 0 saturated heterocycles. The highest BCUT2D eigenvalue weighted by atomic mass is 14.8. The molecule has 0 bridgehead atoms. The summed E-state index contributed by atoms with van der Waals surface area (Å²) in [6, 6.07) is 2.71. The molecule has 0 aromatic carbocycles. The molecule has 0 amide bonds. The summed E-state index contributed by atoms with van der Waals surface area (Å²) in [7, 11) is 0. The number of hydrogen-bond acceptors (Lipinski definition) is 2. The fraction of sp³-hybridized carbons (Fsp3) is 0.900. The van der Waals surface area contributed by atoms with Crippen LogP contribution in [0.5, 0.6) is 0 Å². The van der Waals surface area contributed by atoms with E-state index in [2.05, 4.69) is 29.8 Å². The maximum atomic E-state index is 4.06. The number of hydrogen-bond donors (Lipinski definition) is 0. The van der Waals surface area contributed by atoms with E-state index >= 15 is 0 Å². The lowest BCUT2D eigenvalue weighted by molar-refractivity contribution is 0.676. The van der Waals surface area contributed by atoms with Gasteiger partial charge in [-0.25, -0.2) is 9.98 Å². The van der Waals surface area contributed by atoms with E-state index in [4.69, 9.17) is 0 Å². The molecule has 0 aliphatic carbocycles. The molecule has 0 heterocycles. The molecule has 0 spiro atoms. The average Bonchev–Trinajstić information content (AvgIpc) is 2.10. The Bertz CT molecular complexity index is 135. The third-order valence-electron chi connectivity index (χ3n) is 1.60. The molecule has 0 aliphatic rings. The molecule has 0 N–H and O–H groups in total. The van der Waals surface area contributed by atoms with Crippen molar-refractivity contribution in [2.24, 2.45) is 9.98 Å². The van der Waals surface area contributed by atoms with Gasteiger partial charge in [0.15, 0.2) is 0 Å². The molecule has 12 heavy (non-hydrogen) atoms. The fourth-order valence-corrected chi connectivity index (χ4v) is 0.879. The quantitative estimate of drug-likeness (QED) is 0.412. The Morgan fingerprint density at radius 3 is 2.25 bits per heavy atom. The third kappa shape index (κ3) is 9.38. The summed E-state index contributed by atoms with van der Waals surface area (Å²) >= 11 is 0. The van der Waals surface area contributed by atoms with E-state index in [0.29, 0.717) is 0 Å². The zero-order valence-corrected chi connectivity index (χ0v) is 8.34. The largest absolute Gasteiger partial charge is 0.226 e. The molecule has 0 fully saturated rings. The molecule has 2 nitrogen and oxygen atoms in total. The van der Waals surface area contributed by atoms with Crippen molar-refractivity contribution in [3.8, 4) is 0 Å². The first-order chi connectivity index (χ1) is 5.91. The van der Waals surface area contributed by atoms with E-state index in [1.165, 1.54) is 25.7 Å². The maximum absolute atomic E-state index is 4.06. The Morgan fingerprint density at radius 2 is 1.58 bits per heavy atom. The summed E-state index contributed by atoms with van der Waals surface area (Å²) in [5.41, 5.74) is 0. The van der Waals surface area contributed by atoms with E-state index in [0.717, 1.165) is 19.5 Å². The van der Waals surface area contributed by atoms with Crippen molar-refractivity contribution < 1.29 is 0 Å². The van der Waals surface area contributed by atoms with Gasteiger partial charge >= 0.3 is 0 Å². The van der Waals surface area contributed by atoms with Gasteiger partial charge in [0, 0.05) is 13.1 Å². The van der Waals surface area contributed by atoms with Gasteiger partial charge in [-0.1, -0.05) is 33.1 Å². The van der Waals surface area contributed by atoms with Crippen LogP contribution in [0, 0.1) is 0 Å². The number of aliphatic imine (C=N–C) groups is 2. The molecule has 2 heteroatoms. The molecule has 70 valence electrons. The standard InChI is InChI=1S/C10H20N2/c1-3-5-6-7-9-12-10-11-8-4-2/h3-9H2,1-2H3. The van der Waals surface area contributed by atoms with Gasteiger partial charge in [-0.15, -0.1) is 0 Å². The van der Waals surface area contributed by atoms with Crippen molar-refractivity contribution in [3.05, 3.63) is 0 Å². The lowest BCUT2D eigenvalue weighted by Gasteiger charge is -1.91. The Balaban J connectivity index is 3.12. The number of unbranched alkanes of at least 4 members (excludes halogenated alkanes) is 3. The molecule has 0 saturated carbocycles. The van der Waals surface area contributed by atoms with Gasteiger partial charge in [-0.2, -0.15) is 0 Å². The van der Waals surface area contributed by atoms with E-state index < -0.39 is 0 Å². The Labute approximate surface area is 75.8 Å². The van der Waals surface area contributed by atoms with Crippen molar-refractivity contribution in [1.82, 2.24) is 0 Å². The fourth-order valence-electron chi connectivity index (χ4n) is 0.879. The van der Waals surface area contributed by atoms with Crippen LogP contribution in [0.15, 0.2) is 9.98 Å². The normalized spacial score (nSPS) is 9.17.